The maximum absolute atomic E-state index is 10.6. The first-order valence-corrected chi connectivity index (χ1v) is 10.3. The number of halogens is 1. The summed E-state index contributed by atoms with van der Waals surface area (Å²) in [5.74, 6) is 1.79. The summed E-state index contributed by atoms with van der Waals surface area (Å²) in [6, 6.07) is 7.41. The van der Waals surface area contributed by atoms with Gasteiger partial charge in [0, 0.05) is 44.5 Å². The molecule has 7 heteroatoms. The van der Waals surface area contributed by atoms with Crippen LogP contribution in [0.4, 0.5) is 0 Å². The number of methoxy groups -OCH3 is 1. The van der Waals surface area contributed by atoms with Gasteiger partial charge in [-0.25, -0.2) is 4.98 Å². The van der Waals surface area contributed by atoms with Crippen LogP contribution in [0.3, 0.4) is 0 Å². The van der Waals surface area contributed by atoms with E-state index in [2.05, 4.69) is 14.5 Å². The van der Waals surface area contributed by atoms with E-state index in [1.165, 1.54) is 5.69 Å². The number of hydrogen-bond donors (Lipinski definition) is 1. The van der Waals surface area contributed by atoms with E-state index in [4.69, 9.17) is 21.1 Å². The highest BCUT2D eigenvalue weighted by Gasteiger charge is 2.42. The van der Waals surface area contributed by atoms with Gasteiger partial charge in [-0.1, -0.05) is 17.7 Å². The van der Waals surface area contributed by atoms with Crippen molar-refractivity contribution in [1.82, 2.24) is 14.5 Å². The molecule has 2 aromatic rings. The van der Waals surface area contributed by atoms with Crippen LogP contribution >= 0.6 is 11.6 Å². The molecule has 4 atom stereocenters. The van der Waals surface area contributed by atoms with Crippen LogP contribution in [0.2, 0.25) is 5.02 Å². The minimum atomic E-state index is -0.438. The van der Waals surface area contributed by atoms with Crippen molar-refractivity contribution in [2.45, 2.75) is 38.1 Å². The van der Waals surface area contributed by atoms with Gasteiger partial charge in [-0.05, 0) is 42.9 Å². The van der Waals surface area contributed by atoms with Crippen molar-refractivity contribution in [2.75, 3.05) is 26.8 Å². The van der Waals surface area contributed by atoms with E-state index in [-0.39, 0.29) is 6.10 Å². The summed E-state index contributed by atoms with van der Waals surface area (Å²) in [5, 5.41) is 11.3. The van der Waals surface area contributed by atoms with Crippen LogP contribution in [-0.4, -0.2) is 58.6 Å². The first kappa shape index (κ1) is 19.7. The van der Waals surface area contributed by atoms with Crippen molar-refractivity contribution in [1.29, 1.82) is 0 Å². The summed E-state index contributed by atoms with van der Waals surface area (Å²) >= 11 is 6.06. The maximum Gasteiger partial charge on any atom is 0.125 e. The van der Waals surface area contributed by atoms with Gasteiger partial charge >= 0.3 is 0 Å². The molecule has 0 radical (unpaired) electrons. The monoisotopic (exact) mass is 405 g/mol. The first-order chi connectivity index (χ1) is 13.6. The Morgan fingerprint density at radius 1 is 1.25 bits per heavy atom. The summed E-state index contributed by atoms with van der Waals surface area (Å²) in [6.07, 6.45) is 4.86. The number of likely N-dealkylation sites (tertiary alicyclic amines) is 1. The van der Waals surface area contributed by atoms with E-state index in [0.717, 1.165) is 44.8 Å². The van der Waals surface area contributed by atoms with Gasteiger partial charge in [0.2, 0.25) is 0 Å². The summed E-state index contributed by atoms with van der Waals surface area (Å²) < 4.78 is 13.4. The molecule has 1 aromatic carbocycles. The quantitative estimate of drug-likeness (QED) is 0.767. The largest absolute Gasteiger partial charge is 0.488 e. The number of nitrogens with zero attached hydrogens (tertiary/aromatic N) is 3. The van der Waals surface area contributed by atoms with Crippen LogP contribution in [0.25, 0.3) is 0 Å². The normalized spacial score (nSPS) is 27.7. The molecule has 1 aromatic heterocycles. The van der Waals surface area contributed by atoms with Crippen molar-refractivity contribution < 1.29 is 14.6 Å². The minimum Gasteiger partial charge on any atom is -0.488 e. The second-order valence-electron chi connectivity index (χ2n) is 7.94. The standard InChI is InChI=1S/C21H28ClN3O3/c1-27-6-5-25-14-23-10-18(25)13-24-11-15-7-20(26)21(8-16(15)12-24)28-19-4-2-3-17(22)9-19/h2-4,9-10,14-16,20-21,26H,5-8,11-13H2,1H3/t15-,16+,20+,21+/m0/s1. The third-order valence-electron chi connectivity index (χ3n) is 5.96. The lowest BCUT2D eigenvalue weighted by Gasteiger charge is -2.35. The number of ether oxygens (including phenoxy) is 2. The molecule has 1 saturated heterocycles. The molecular formula is C21H28ClN3O3. The lowest BCUT2D eigenvalue weighted by molar-refractivity contribution is -0.0231. The number of rotatable bonds is 7. The van der Waals surface area contributed by atoms with Gasteiger partial charge < -0.3 is 19.1 Å². The molecule has 0 amide bonds. The number of fused-ring (bicyclic) bond motifs is 1. The molecule has 4 rings (SSSR count). The van der Waals surface area contributed by atoms with Gasteiger partial charge in [0.1, 0.15) is 11.9 Å². The van der Waals surface area contributed by atoms with Crippen molar-refractivity contribution in [3.63, 3.8) is 0 Å². The SMILES string of the molecule is COCCn1cncc1CN1C[C@H]2C[C@@H](Oc3cccc(Cl)c3)[C@H](O)C[C@H]2C1. The van der Waals surface area contributed by atoms with Crippen molar-refractivity contribution in [3.8, 4) is 5.75 Å². The Labute approximate surface area is 171 Å². The number of hydrogen-bond acceptors (Lipinski definition) is 5. The lowest BCUT2D eigenvalue weighted by atomic mass is 9.78. The first-order valence-electron chi connectivity index (χ1n) is 9.93. The van der Waals surface area contributed by atoms with Crippen molar-refractivity contribution >= 4 is 11.6 Å². The number of benzene rings is 1. The molecule has 1 aliphatic carbocycles. The van der Waals surface area contributed by atoms with Crippen molar-refractivity contribution in [2.24, 2.45) is 11.8 Å². The molecule has 28 heavy (non-hydrogen) atoms. The summed E-state index contributed by atoms with van der Waals surface area (Å²) in [6.45, 7) is 4.43. The van der Waals surface area contributed by atoms with Gasteiger partial charge in [-0.15, -0.1) is 0 Å². The second-order valence-corrected chi connectivity index (χ2v) is 8.37. The third kappa shape index (κ3) is 4.51. The smallest absolute Gasteiger partial charge is 0.125 e. The average molecular weight is 406 g/mol. The number of imidazole rings is 1. The lowest BCUT2D eigenvalue weighted by Crippen LogP contribution is -2.42. The molecule has 2 fully saturated rings. The third-order valence-corrected chi connectivity index (χ3v) is 6.20. The van der Waals surface area contributed by atoms with Crippen LogP contribution in [0.15, 0.2) is 36.8 Å². The highest BCUT2D eigenvalue weighted by Crippen LogP contribution is 2.38. The summed E-state index contributed by atoms with van der Waals surface area (Å²) in [7, 11) is 1.72. The Morgan fingerprint density at radius 3 is 2.86 bits per heavy atom. The van der Waals surface area contributed by atoms with Gasteiger partial charge in [-0.3, -0.25) is 4.90 Å². The molecule has 1 aliphatic heterocycles. The molecule has 2 heterocycles. The zero-order valence-corrected chi connectivity index (χ0v) is 17.0. The molecule has 6 nitrogen and oxygen atoms in total. The molecule has 1 saturated carbocycles. The zero-order chi connectivity index (χ0) is 19.5. The molecule has 0 spiro atoms. The Morgan fingerprint density at radius 2 is 2.07 bits per heavy atom. The van der Waals surface area contributed by atoms with E-state index in [1.807, 2.05) is 36.8 Å². The molecular weight excluding hydrogens is 378 g/mol. The van der Waals surface area contributed by atoms with Gasteiger partial charge in [0.05, 0.1) is 24.7 Å². The predicted molar refractivity (Wildman–Crippen MR) is 107 cm³/mol. The van der Waals surface area contributed by atoms with E-state index >= 15 is 0 Å². The van der Waals surface area contributed by atoms with E-state index in [1.54, 1.807) is 7.11 Å². The fraction of sp³-hybridized carbons (Fsp3) is 0.571. The number of aliphatic hydroxyl groups is 1. The molecule has 0 bridgehead atoms. The fourth-order valence-electron chi connectivity index (χ4n) is 4.56. The average Bonchev–Trinajstić information content (AvgIpc) is 3.26. The zero-order valence-electron chi connectivity index (χ0n) is 16.2. The molecule has 2 aliphatic rings. The Hall–Kier alpha value is -1.60. The fourth-order valence-corrected chi connectivity index (χ4v) is 4.74. The second kappa shape index (κ2) is 8.82. The van der Waals surface area contributed by atoms with Crippen LogP contribution in [0.5, 0.6) is 5.75 Å². The van der Waals surface area contributed by atoms with Crippen LogP contribution in [0, 0.1) is 11.8 Å². The summed E-state index contributed by atoms with van der Waals surface area (Å²) in [4.78, 5) is 6.77. The minimum absolute atomic E-state index is 0.174. The molecule has 152 valence electrons. The Kier molecular flexibility index (Phi) is 6.21. The highest BCUT2D eigenvalue weighted by molar-refractivity contribution is 6.30. The van der Waals surface area contributed by atoms with Gasteiger partial charge in [-0.2, -0.15) is 0 Å². The van der Waals surface area contributed by atoms with Gasteiger partial charge in [0.15, 0.2) is 0 Å². The summed E-state index contributed by atoms with van der Waals surface area (Å²) in [5.41, 5.74) is 1.21. The van der Waals surface area contributed by atoms with Crippen LogP contribution in [0.1, 0.15) is 18.5 Å². The van der Waals surface area contributed by atoms with E-state index < -0.39 is 6.10 Å². The van der Waals surface area contributed by atoms with Gasteiger partial charge in [0.25, 0.3) is 0 Å². The highest BCUT2D eigenvalue weighted by atomic mass is 35.5. The molecule has 1 N–H and O–H groups in total. The number of aliphatic hydroxyl groups excluding tert-OH is 1. The van der Waals surface area contributed by atoms with Crippen molar-refractivity contribution in [3.05, 3.63) is 47.5 Å². The maximum atomic E-state index is 10.6. The van der Waals surface area contributed by atoms with E-state index in [0.29, 0.717) is 23.5 Å². The predicted octanol–water partition coefficient (Wildman–Crippen LogP) is 2.83. The Balaban J connectivity index is 1.36. The number of aromatic nitrogens is 2. The Bertz CT molecular complexity index is 784. The molecule has 0 unspecified atom stereocenters. The van der Waals surface area contributed by atoms with E-state index in [9.17, 15) is 5.11 Å². The topological polar surface area (TPSA) is 59.8 Å². The van der Waals surface area contributed by atoms with Crippen LogP contribution in [-0.2, 0) is 17.8 Å². The van der Waals surface area contributed by atoms with Crippen LogP contribution < -0.4 is 4.74 Å².